The number of rotatable bonds is 1. The van der Waals surface area contributed by atoms with Crippen molar-refractivity contribution in [1.82, 2.24) is 4.57 Å². The van der Waals surface area contributed by atoms with E-state index in [2.05, 4.69) is 38.1 Å². The van der Waals surface area contributed by atoms with Gasteiger partial charge in [0.15, 0.2) is 0 Å². The average Bonchev–Trinajstić information content (AvgIpc) is 2.94. The molecule has 98 valence electrons. The first-order valence-electron chi connectivity index (χ1n) is 7.01. The number of fused-ring (bicyclic) bond motifs is 5. The highest BCUT2D eigenvalue weighted by Gasteiger charge is 2.31. The van der Waals surface area contributed by atoms with Gasteiger partial charge in [-0.25, -0.2) is 0 Å². The molecule has 0 saturated carbocycles. The van der Waals surface area contributed by atoms with E-state index in [1.807, 2.05) is 22.8 Å². The molecule has 0 N–H and O–H groups in total. The summed E-state index contributed by atoms with van der Waals surface area (Å²) in [6, 6.07) is 14.2. The number of aromatic nitrogens is 1. The van der Waals surface area contributed by atoms with Crippen LogP contribution in [0, 0.1) is 6.92 Å². The summed E-state index contributed by atoms with van der Waals surface area (Å²) in [6.45, 7) is 4.23. The Bertz CT molecular complexity index is 871. The SMILES string of the molecule is CCc1c2n(c3c(C)cccc13)C(=O)c1ccccc1-2. The van der Waals surface area contributed by atoms with Crippen molar-refractivity contribution in [3.8, 4) is 11.3 Å². The smallest absolute Gasteiger partial charge is 0.263 e. The third-order valence-corrected chi connectivity index (χ3v) is 4.27. The van der Waals surface area contributed by atoms with E-state index in [1.54, 1.807) is 0 Å². The van der Waals surface area contributed by atoms with Crippen LogP contribution >= 0.6 is 0 Å². The molecule has 1 aromatic heterocycles. The Kier molecular flexibility index (Phi) is 2.19. The van der Waals surface area contributed by atoms with E-state index >= 15 is 0 Å². The van der Waals surface area contributed by atoms with Crippen molar-refractivity contribution in [2.75, 3.05) is 0 Å². The quantitative estimate of drug-likeness (QED) is 0.504. The van der Waals surface area contributed by atoms with Crippen molar-refractivity contribution in [1.29, 1.82) is 0 Å². The first kappa shape index (κ1) is 11.5. The molecule has 0 radical (unpaired) electrons. The third kappa shape index (κ3) is 1.21. The van der Waals surface area contributed by atoms with Crippen molar-refractivity contribution in [3.05, 3.63) is 59.2 Å². The van der Waals surface area contributed by atoms with Gasteiger partial charge in [-0.2, -0.15) is 0 Å². The summed E-state index contributed by atoms with van der Waals surface area (Å²) < 4.78 is 1.91. The summed E-state index contributed by atoms with van der Waals surface area (Å²) in [7, 11) is 0. The Labute approximate surface area is 117 Å². The molecule has 1 aliphatic heterocycles. The molecule has 3 aromatic rings. The minimum atomic E-state index is 0.106. The average molecular weight is 261 g/mol. The molecule has 0 fully saturated rings. The Hall–Kier alpha value is -2.35. The molecule has 4 rings (SSSR count). The second-order valence-corrected chi connectivity index (χ2v) is 5.34. The van der Waals surface area contributed by atoms with Crippen LogP contribution in [0.4, 0.5) is 0 Å². The molecule has 0 amide bonds. The minimum Gasteiger partial charge on any atom is -0.275 e. The van der Waals surface area contributed by atoms with Gasteiger partial charge in [-0.3, -0.25) is 9.36 Å². The highest BCUT2D eigenvalue weighted by Crippen LogP contribution is 2.41. The summed E-state index contributed by atoms with van der Waals surface area (Å²) >= 11 is 0. The summed E-state index contributed by atoms with van der Waals surface area (Å²) in [5.74, 6) is 0.106. The molecular formula is C18H15NO. The van der Waals surface area contributed by atoms with Gasteiger partial charge >= 0.3 is 0 Å². The summed E-state index contributed by atoms with van der Waals surface area (Å²) in [4.78, 5) is 12.7. The largest absolute Gasteiger partial charge is 0.275 e. The van der Waals surface area contributed by atoms with Crippen LogP contribution in [-0.4, -0.2) is 10.5 Å². The predicted molar refractivity (Wildman–Crippen MR) is 81.2 cm³/mol. The van der Waals surface area contributed by atoms with Crippen LogP contribution in [0.25, 0.3) is 22.2 Å². The molecule has 0 unspecified atom stereocenters. The lowest BCUT2D eigenvalue weighted by Crippen LogP contribution is -2.06. The van der Waals surface area contributed by atoms with Crippen molar-refractivity contribution in [2.24, 2.45) is 0 Å². The van der Waals surface area contributed by atoms with Gasteiger partial charge in [0.1, 0.15) is 0 Å². The fourth-order valence-electron chi connectivity index (χ4n) is 3.41. The number of nitrogens with zero attached hydrogens (tertiary/aromatic N) is 1. The predicted octanol–water partition coefficient (Wildman–Crippen LogP) is 4.18. The van der Waals surface area contributed by atoms with Crippen LogP contribution in [0.3, 0.4) is 0 Å². The molecule has 0 saturated heterocycles. The number of hydrogen-bond donors (Lipinski definition) is 0. The van der Waals surface area contributed by atoms with Crippen LogP contribution < -0.4 is 0 Å². The van der Waals surface area contributed by atoms with Gasteiger partial charge in [0, 0.05) is 16.5 Å². The molecule has 0 atom stereocenters. The van der Waals surface area contributed by atoms with E-state index in [0.717, 1.165) is 34.3 Å². The van der Waals surface area contributed by atoms with Crippen LogP contribution in [-0.2, 0) is 6.42 Å². The van der Waals surface area contributed by atoms with Gasteiger partial charge in [0.05, 0.1) is 11.2 Å². The molecule has 0 aliphatic carbocycles. The highest BCUT2D eigenvalue weighted by molar-refractivity contribution is 6.16. The van der Waals surface area contributed by atoms with Crippen molar-refractivity contribution >= 4 is 16.8 Å². The van der Waals surface area contributed by atoms with E-state index in [0.29, 0.717) is 0 Å². The zero-order chi connectivity index (χ0) is 13.9. The van der Waals surface area contributed by atoms with Crippen molar-refractivity contribution < 1.29 is 4.79 Å². The number of para-hydroxylation sites is 1. The number of benzene rings is 2. The van der Waals surface area contributed by atoms with Gasteiger partial charge < -0.3 is 0 Å². The maximum Gasteiger partial charge on any atom is 0.263 e. The third-order valence-electron chi connectivity index (χ3n) is 4.27. The molecule has 2 nitrogen and oxygen atoms in total. The van der Waals surface area contributed by atoms with E-state index in [-0.39, 0.29) is 5.91 Å². The first-order valence-corrected chi connectivity index (χ1v) is 7.01. The Morgan fingerprint density at radius 3 is 2.50 bits per heavy atom. The standard InChI is InChI=1S/C18H15NO/c1-3-12-13-10-6-7-11(2)16(13)19-17(12)14-8-4-5-9-15(14)18(19)20/h4-10H,3H2,1-2H3. The van der Waals surface area contributed by atoms with Crippen molar-refractivity contribution in [3.63, 3.8) is 0 Å². The number of aryl methyl sites for hydroxylation is 2. The van der Waals surface area contributed by atoms with E-state index in [4.69, 9.17) is 0 Å². The minimum absolute atomic E-state index is 0.106. The molecule has 0 spiro atoms. The summed E-state index contributed by atoms with van der Waals surface area (Å²) in [5, 5.41) is 1.21. The van der Waals surface area contributed by atoms with E-state index in [1.165, 1.54) is 10.9 Å². The number of carbonyl (C=O) groups is 1. The second-order valence-electron chi connectivity index (χ2n) is 5.34. The maximum absolute atomic E-state index is 12.7. The Morgan fingerprint density at radius 2 is 1.75 bits per heavy atom. The molecular weight excluding hydrogens is 246 g/mol. The zero-order valence-corrected chi connectivity index (χ0v) is 11.6. The van der Waals surface area contributed by atoms with E-state index in [9.17, 15) is 4.79 Å². The molecule has 1 aliphatic rings. The molecule has 0 bridgehead atoms. The van der Waals surface area contributed by atoms with E-state index < -0.39 is 0 Å². The van der Waals surface area contributed by atoms with Gasteiger partial charge in [0.25, 0.3) is 5.91 Å². The number of carbonyl (C=O) groups excluding carboxylic acids is 1. The van der Waals surface area contributed by atoms with Gasteiger partial charge in [0.2, 0.25) is 0 Å². The fraction of sp³-hybridized carbons (Fsp3) is 0.167. The summed E-state index contributed by atoms with van der Waals surface area (Å²) in [6.07, 6.45) is 0.934. The zero-order valence-electron chi connectivity index (χ0n) is 11.6. The topological polar surface area (TPSA) is 22.0 Å². The van der Waals surface area contributed by atoms with Crippen LogP contribution in [0.5, 0.6) is 0 Å². The molecule has 2 heterocycles. The van der Waals surface area contributed by atoms with Gasteiger partial charge in [-0.15, -0.1) is 0 Å². The van der Waals surface area contributed by atoms with Crippen LogP contribution in [0.1, 0.15) is 28.4 Å². The van der Waals surface area contributed by atoms with Gasteiger partial charge in [-0.05, 0) is 30.5 Å². The van der Waals surface area contributed by atoms with Crippen LogP contribution in [0.15, 0.2) is 42.5 Å². The maximum atomic E-state index is 12.7. The second kappa shape index (κ2) is 3.83. The molecule has 2 aromatic carbocycles. The number of hydrogen-bond acceptors (Lipinski definition) is 1. The lowest BCUT2D eigenvalue weighted by atomic mass is 10.00. The lowest BCUT2D eigenvalue weighted by Gasteiger charge is -2.02. The van der Waals surface area contributed by atoms with Crippen molar-refractivity contribution in [2.45, 2.75) is 20.3 Å². The lowest BCUT2D eigenvalue weighted by molar-refractivity contribution is 0.0973. The summed E-state index contributed by atoms with van der Waals surface area (Å²) in [5.41, 5.74) is 6.50. The van der Waals surface area contributed by atoms with Crippen LogP contribution in [0.2, 0.25) is 0 Å². The normalized spacial score (nSPS) is 12.8. The fourth-order valence-corrected chi connectivity index (χ4v) is 3.41. The highest BCUT2D eigenvalue weighted by atomic mass is 16.2. The Balaban J connectivity index is 2.25. The first-order chi connectivity index (χ1) is 9.74. The molecule has 20 heavy (non-hydrogen) atoms. The monoisotopic (exact) mass is 261 g/mol. The van der Waals surface area contributed by atoms with Gasteiger partial charge in [-0.1, -0.05) is 43.3 Å². The Morgan fingerprint density at radius 1 is 1.00 bits per heavy atom. The molecule has 2 heteroatoms.